The Morgan fingerprint density at radius 1 is 0.885 bits per heavy atom. The summed E-state index contributed by atoms with van der Waals surface area (Å²) in [5, 5.41) is 8.28. The molecule has 0 bridgehead atoms. The highest BCUT2D eigenvalue weighted by atomic mass is 19.1. The Hall–Kier alpha value is -2.60. The third-order valence-electron chi connectivity index (χ3n) is 4.79. The van der Waals surface area contributed by atoms with Crippen molar-refractivity contribution >= 4 is 0 Å². The van der Waals surface area contributed by atoms with E-state index in [0.717, 1.165) is 43.6 Å². The van der Waals surface area contributed by atoms with Crippen molar-refractivity contribution in [1.29, 1.82) is 0 Å². The molecule has 4 rings (SSSR count). The molecule has 0 spiro atoms. The molecule has 2 heterocycles. The minimum Gasteiger partial charge on any atom is -0.420 e. The molecule has 0 saturated carbocycles. The Labute approximate surface area is 150 Å². The van der Waals surface area contributed by atoms with Crippen molar-refractivity contribution in [2.45, 2.75) is 25.3 Å². The summed E-state index contributed by atoms with van der Waals surface area (Å²) in [6.45, 7) is 2.67. The average Bonchev–Trinajstić information content (AvgIpc) is 3.15. The maximum atomic E-state index is 13.0. The standard InChI is InChI=1S/C20H19F2N3O/c21-17-5-1-14(2-6-17)13-25-11-9-16(10-12-25)20-24-23-19(26-20)15-3-7-18(22)8-4-15/h1-8,16H,9-13H2. The molecule has 0 unspecified atom stereocenters. The van der Waals surface area contributed by atoms with Crippen LogP contribution in [0.3, 0.4) is 0 Å². The maximum absolute atomic E-state index is 13.0. The fourth-order valence-corrected chi connectivity index (χ4v) is 3.29. The number of likely N-dealkylation sites (tertiary alicyclic amines) is 1. The molecule has 0 N–H and O–H groups in total. The zero-order valence-corrected chi connectivity index (χ0v) is 14.2. The SMILES string of the molecule is Fc1ccc(CN2CCC(c3nnc(-c4ccc(F)cc4)o3)CC2)cc1. The molecule has 1 saturated heterocycles. The van der Waals surface area contributed by atoms with Crippen molar-refractivity contribution in [3.8, 4) is 11.5 Å². The first-order valence-electron chi connectivity index (χ1n) is 8.73. The van der Waals surface area contributed by atoms with Crippen LogP contribution in [0.2, 0.25) is 0 Å². The molecule has 1 fully saturated rings. The van der Waals surface area contributed by atoms with Gasteiger partial charge in [-0.1, -0.05) is 12.1 Å². The van der Waals surface area contributed by atoms with Crippen LogP contribution in [0.5, 0.6) is 0 Å². The first-order chi connectivity index (χ1) is 12.7. The lowest BCUT2D eigenvalue weighted by Gasteiger charge is -2.30. The quantitative estimate of drug-likeness (QED) is 0.696. The number of halogens is 2. The molecule has 1 aliphatic heterocycles. The van der Waals surface area contributed by atoms with Gasteiger partial charge in [-0.05, 0) is 67.9 Å². The minimum absolute atomic E-state index is 0.208. The van der Waals surface area contributed by atoms with Crippen LogP contribution in [0.25, 0.3) is 11.5 Å². The zero-order chi connectivity index (χ0) is 17.9. The van der Waals surface area contributed by atoms with Crippen LogP contribution in [0.4, 0.5) is 8.78 Å². The van der Waals surface area contributed by atoms with Gasteiger partial charge in [0, 0.05) is 18.0 Å². The second-order valence-electron chi connectivity index (χ2n) is 6.63. The van der Waals surface area contributed by atoms with E-state index in [1.165, 1.54) is 24.3 Å². The molecule has 0 aliphatic carbocycles. The van der Waals surface area contributed by atoms with Crippen LogP contribution >= 0.6 is 0 Å². The molecule has 6 heteroatoms. The fraction of sp³-hybridized carbons (Fsp3) is 0.300. The summed E-state index contributed by atoms with van der Waals surface area (Å²) in [6.07, 6.45) is 1.87. The highest BCUT2D eigenvalue weighted by Crippen LogP contribution is 2.30. The Balaban J connectivity index is 1.36. The largest absolute Gasteiger partial charge is 0.420 e. The van der Waals surface area contributed by atoms with E-state index in [1.54, 1.807) is 12.1 Å². The van der Waals surface area contributed by atoms with Crippen molar-refractivity contribution in [2.75, 3.05) is 13.1 Å². The van der Waals surface area contributed by atoms with Gasteiger partial charge in [-0.3, -0.25) is 4.90 Å². The Kier molecular flexibility index (Phi) is 4.75. The van der Waals surface area contributed by atoms with E-state index in [2.05, 4.69) is 15.1 Å². The van der Waals surface area contributed by atoms with Gasteiger partial charge >= 0.3 is 0 Å². The highest BCUT2D eigenvalue weighted by Gasteiger charge is 2.25. The number of nitrogens with zero attached hydrogens (tertiary/aromatic N) is 3. The molecule has 134 valence electrons. The van der Waals surface area contributed by atoms with Gasteiger partial charge in [0.05, 0.1) is 0 Å². The molecule has 0 radical (unpaired) electrons. The van der Waals surface area contributed by atoms with E-state index in [1.807, 2.05) is 12.1 Å². The Morgan fingerprint density at radius 2 is 1.50 bits per heavy atom. The number of hydrogen-bond donors (Lipinski definition) is 0. The van der Waals surface area contributed by atoms with Gasteiger partial charge in [0.2, 0.25) is 11.8 Å². The van der Waals surface area contributed by atoms with Crippen molar-refractivity contribution in [3.05, 3.63) is 71.6 Å². The van der Waals surface area contributed by atoms with E-state index in [9.17, 15) is 8.78 Å². The predicted molar refractivity (Wildman–Crippen MR) is 93.3 cm³/mol. The summed E-state index contributed by atoms with van der Waals surface area (Å²) < 4.78 is 31.8. The Morgan fingerprint density at radius 3 is 2.15 bits per heavy atom. The zero-order valence-electron chi connectivity index (χ0n) is 14.2. The molecule has 0 atom stereocenters. The van der Waals surface area contributed by atoms with Gasteiger partial charge in [0.25, 0.3) is 0 Å². The third kappa shape index (κ3) is 3.80. The fourth-order valence-electron chi connectivity index (χ4n) is 3.29. The monoisotopic (exact) mass is 355 g/mol. The average molecular weight is 355 g/mol. The summed E-state index contributed by atoms with van der Waals surface area (Å²) >= 11 is 0. The summed E-state index contributed by atoms with van der Waals surface area (Å²) in [5.41, 5.74) is 1.83. The van der Waals surface area contributed by atoms with Crippen molar-refractivity contribution in [1.82, 2.24) is 15.1 Å². The lowest BCUT2D eigenvalue weighted by molar-refractivity contribution is 0.193. The van der Waals surface area contributed by atoms with Gasteiger partial charge < -0.3 is 4.42 Å². The summed E-state index contributed by atoms with van der Waals surface area (Å²) in [6, 6.07) is 12.7. The summed E-state index contributed by atoms with van der Waals surface area (Å²) in [7, 11) is 0. The third-order valence-corrected chi connectivity index (χ3v) is 4.79. The second kappa shape index (κ2) is 7.33. The predicted octanol–water partition coefficient (Wildman–Crippen LogP) is 4.39. The number of hydrogen-bond acceptors (Lipinski definition) is 4. The topological polar surface area (TPSA) is 42.2 Å². The number of rotatable bonds is 4. The minimum atomic E-state index is -0.290. The first-order valence-corrected chi connectivity index (χ1v) is 8.73. The van der Waals surface area contributed by atoms with Crippen LogP contribution < -0.4 is 0 Å². The van der Waals surface area contributed by atoms with Crippen molar-refractivity contribution < 1.29 is 13.2 Å². The van der Waals surface area contributed by atoms with Gasteiger partial charge in [-0.25, -0.2) is 8.78 Å². The lowest BCUT2D eigenvalue weighted by Crippen LogP contribution is -2.32. The highest BCUT2D eigenvalue weighted by molar-refractivity contribution is 5.52. The summed E-state index contributed by atoms with van der Waals surface area (Å²) in [5.74, 6) is 0.809. The number of aromatic nitrogens is 2. The molecule has 0 amide bonds. The lowest BCUT2D eigenvalue weighted by atomic mass is 9.96. The molecule has 2 aromatic carbocycles. The van der Waals surface area contributed by atoms with Gasteiger partial charge in [-0.15, -0.1) is 10.2 Å². The van der Waals surface area contributed by atoms with E-state index in [-0.39, 0.29) is 17.6 Å². The van der Waals surface area contributed by atoms with Crippen LogP contribution in [-0.2, 0) is 6.54 Å². The number of piperidine rings is 1. The second-order valence-corrected chi connectivity index (χ2v) is 6.63. The van der Waals surface area contributed by atoms with Crippen molar-refractivity contribution in [3.63, 3.8) is 0 Å². The smallest absolute Gasteiger partial charge is 0.247 e. The first kappa shape index (κ1) is 16.8. The van der Waals surface area contributed by atoms with Gasteiger partial charge in [0.1, 0.15) is 11.6 Å². The van der Waals surface area contributed by atoms with Gasteiger partial charge in [-0.2, -0.15) is 0 Å². The van der Waals surface area contributed by atoms with Crippen LogP contribution in [-0.4, -0.2) is 28.2 Å². The van der Waals surface area contributed by atoms with Crippen molar-refractivity contribution in [2.24, 2.45) is 0 Å². The van der Waals surface area contributed by atoms with E-state index < -0.39 is 0 Å². The summed E-state index contributed by atoms with van der Waals surface area (Å²) in [4.78, 5) is 2.35. The molecular formula is C20H19F2N3O. The normalized spacial score (nSPS) is 16.1. The van der Waals surface area contributed by atoms with E-state index in [0.29, 0.717) is 11.8 Å². The molecule has 3 aromatic rings. The Bertz CT molecular complexity index is 854. The molecular weight excluding hydrogens is 336 g/mol. The van der Waals surface area contributed by atoms with E-state index in [4.69, 9.17) is 4.42 Å². The van der Waals surface area contributed by atoms with Gasteiger partial charge in [0.15, 0.2) is 0 Å². The molecule has 4 nitrogen and oxygen atoms in total. The molecule has 26 heavy (non-hydrogen) atoms. The van der Waals surface area contributed by atoms with Crippen LogP contribution in [0, 0.1) is 11.6 Å². The van der Waals surface area contributed by atoms with Crippen LogP contribution in [0.1, 0.15) is 30.2 Å². The molecule has 1 aromatic heterocycles. The van der Waals surface area contributed by atoms with E-state index >= 15 is 0 Å². The van der Waals surface area contributed by atoms with Crippen LogP contribution in [0.15, 0.2) is 52.9 Å². The molecule has 1 aliphatic rings. The number of benzene rings is 2. The maximum Gasteiger partial charge on any atom is 0.247 e.